The molecule has 1 aromatic carbocycles. The molecular weight excluding hydrogens is 220 g/mol. The van der Waals surface area contributed by atoms with Gasteiger partial charge in [0.25, 0.3) is 0 Å². The smallest absolute Gasteiger partial charge is 0.250 e. The van der Waals surface area contributed by atoms with E-state index in [1.165, 1.54) is 14.0 Å². The van der Waals surface area contributed by atoms with Crippen LogP contribution in [0.25, 0.3) is 0 Å². The Bertz CT molecular complexity index is 430. The van der Waals surface area contributed by atoms with Crippen LogP contribution in [-0.4, -0.2) is 25.5 Å². The number of benzene rings is 1. The molecule has 0 saturated heterocycles. The molecule has 0 aliphatic heterocycles. The van der Waals surface area contributed by atoms with Crippen molar-refractivity contribution in [2.45, 2.75) is 13.8 Å². The predicted octanol–water partition coefficient (Wildman–Crippen LogP) is 1.54. The van der Waals surface area contributed by atoms with Gasteiger partial charge in [-0.1, -0.05) is 6.07 Å². The van der Waals surface area contributed by atoms with E-state index in [2.05, 4.69) is 10.6 Å². The van der Waals surface area contributed by atoms with E-state index in [9.17, 15) is 9.59 Å². The van der Waals surface area contributed by atoms with Gasteiger partial charge in [0, 0.05) is 25.4 Å². The Morgan fingerprint density at radius 2 is 1.82 bits per heavy atom. The number of carbonyl (C=O) groups is 2. The summed E-state index contributed by atoms with van der Waals surface area (Å²) in [6.07, 6.45) is 0. The van der Waals surface area contributed by atoms with Crippen LogP contribution in [0, 0.1) is 6.92 Å². The quantitative estimate of drug-likeness (QED) is 0.833. The summed E-state index contributed by atoms with van der Waals surface area (Å²) in [4.78, 5) is 22.4. The lowest BCUT2D eigenvalue weighted by Crippen LogP contribution is -2.18. The summed E-state index contributed by atoms with van der Waals surface area (Å²) in [5.41, 5.74) is 2.16. The molecule has 0 fully saturated rings. The summed E-state index contributed by atoms with van der Waals surface area (Å²) in [6, 6.07) is 5.32. The third-order valence-electron chi connectivity index (χ3n) is 2.19. The van der Waals surface area contributed by atoms with Crippen molar-refractivity contribution < 1.29 is 14.3 Å². The number of amides is 2. The van der Waals surface area contributed by atoms with Gasteiger partial charge >= 0.3 is 0 Å². The fourth-order valence-electron chi connectivity index (χ4n) is 1.41. The molecule has 1 rings (SSSR count). The Morgan fingerprint density at radius 1 is 1.24 bits per heavy atom. The van der Waals surface area contributed by atoms with E-state index in [0.29, 0.717) is 11.4 Å². The molecule has 0 heterocycles. The molecular formula is C12H16N2O3. The molecule has 0 unspecified atom stereocenters. The second-order valence-electron chi connectivity index (χ2n) is 3.64. The fourth-order valence-corrected chi connectivity index (χ4v) is 1.41. The third kappa shape index (κ3) is 3.88. The summed E-state index contributed by atoms with van der Waals surface area (Å²) in [5, 5.41) is 5.41. The Hall–Kier alpha value is -1.88. The summed E-state index contributed by atoms with van der Waals surface area (Å²) in [7, 11) is 1.46. The number of nitrogens with one attached hydrogen (secondary N) is 2. The first kappa shape index (κ1) is 13.2. The number of hydrogen-bond acceptors (Lipinski definition) is 3. The van der Waals surface area contributed by atoms with Gasteiger partial charge in [-0.2, -0.15) is 0 Å². The highest BCUT2D eigenvalue weighted by atomic mass is 16.5. The molecule has 5 nitrogen and oxygen atoms in total. The number of rotatable bonds is 4. The van der Waals surface area contributed by atoms with Crippen molar-refractivity contribution in [2.24, 2.45) is 0 Å². The maximum Gasteiger partial charge on any atom is 0.250 e. The van der Waals surface area contributed by atoms with E-state index in [1.54, 1.807) is 18.2 Å². The zero-order chi connectivity index (χ0) is 12.8. The van der Waals surface area contributed by atoms with Gasteiger partial charge < -0.3 is 15.4 Å². The molecule has 0 saturated carbocycles. The van der Waals surface area contributed by atoms with Gasteiger partial charge in [-0.3, -0.25) is 9.59 Å². The van der Waals surface area contributed by atoms with Gasteiger partial charge in [-0.25, -0.2) is 0 Å². The lowest BCUT2D eigenvalue weighted by Gasteiger charge is -2.12. The Labute approximate surface area is 100 Å². The van der Waals surface area contributed by atoms with Gasteiger partial charge in [0.2, 0.25) is 11.8 Å². The molecule has 0 bridgehead atoms. The van der Waals surface area contributed by atoms with E-state index in [1.807, 2.05) is 6.92 Å². The SMILES string of the molecule is COCC(=O)Nc1cccc(NC(C)=O)c1C. The van der Waals surface area contributed by atoms with Crippen molar-refractivity contribution in [2.75, 3.05) is 24.4 Å². The van der Waals surface area contributed by atoms with Gasteiger partial charge in [-0.05, 0) is 24.6 Å². The summed E-state index contributed by atoms with van der Waals surface area (Å²) >= 11 is 0. The Morgan fingerprint density at radius 3 is 2.35 bits per heavy atom. The monoisotopic (exact) mass is 236 g/mol. The molecule has 0 radical (unpaired) electrons. The van der Waals surface area contributed by atoms with Crippen LogP contribution in [0.15, 0.2) is 18.2 Å². The van der Waals surface area contributed by atoms with E-state index < -0.39 is 0 Å². The van der Waals surface area contributed by atoms with E-state index in [4.69, 9.17) is 4.74 Å². The van der Waals surface area contributed by atoms with Crippen LogP contribution in [0.5, 0.6) is 0 Å². The van der Waals surface area contributed by atoms with Gasteiger partial charge in [0.15, 0.2) is 0 Å². The summed E-state index contributed by atoms with van der Waals surface area (Å²) in [5.74, 6) is -0.371. The van der Waals surface area contributed by atoms with Gasteiger partial charge in [-0.15, -0.1) is 0 Å². The maximum atomic E-state index is 11.4. The number of hydrogen-bond donors (Lipinski definition) is 2. The number of anilines is 2. The van der Waals surface area contributed by atoms with E-state index >= 15 is 0 Å². The van der Waals surface area contributed by atoms with Crippen molar-refractivity contribution in [1.82, 2.24) is 0 Å². The number of ether oxygens (including phenoxy) is 1. The van der Waals surface area contributed by atoms with Crippen LogP contribution < -0.4 is 10.6 Å². The minimum absolute atomic E-state index is 0.00377. The molecule has 2 amide bonds. The normalized spacial score (nSPS) is 9.82. The maximum absolute atomic E-state index is 11.4. The average Bonchev–Trinajstić information content (AvgIpc) is 2.23. The van der Waals surface area contributed by atoms with Crippen LogP contribution >= 0.6 is 0 Å². The van der Waals surface area contributed by atoms with Crippen LogP contribution in [0.2, 0.25) is 0 Å². The molecule has 0 spiro atoms. The predicted molar refractivity (Wildman–Crippen MR) is 66.0 cm³/mol. The van der Waals surface area contributed by atoms with Crippen LogP contribution in [0.4, 0.5) is 11.4 Å². The van der Waals surface area contributed by atoms with Gasteiger partial charge in [0.1, 0.15) is 6.61 Å². The molecule has 17 heavy (non-hydrogen) atoms. The first-order chi connectivity index (χ1) is 8.04. The van der Waals surface area contributed by atoms with Crippen molar-refractivity contribution in [3.63, 3.8) is 0 Å². The highest BCUT2D eigenvalue weighted by molar-refractivity contribution is 5.95. The zero-order valence-corrected chi connectivity index (χ0v) is 10.2. The summed E-state index contributed by atoms with van der Waals surface area (Å²) in [6.45, 7) is 3.27. The van der Waals surface area contributed by atoms with Crippen LogP contribution in [0.1, 0.15) is 12.5 Å². The first-order valence-electron chi connectivity index (χ1n) is 5.20. The highest BCUT2D eigenvalue weighted by Crippen LogP contribution is 2.23. The standard InChI is InChI=1S/C12H16N2O3/c1-8-10(13-9(2)15)5-4-6-11(8)14-12(16)7-17-3/h4-6H,7H2,1-3H3,(H,13,15)(H,14,16). The zero-order valence-electron chi connectivity index (χ0n) is 10.2. The molecule has 2 N–H and O–H groups in total. The van der Waals surface area contributed by atoms with Gasteiger partial charge in [0.05, 0.1) is 0 Å². The van der Waals surface area contributed by atoms with Crippen molar-refractivity contribution in [3.05, 3.63) is 23.8 Å². The minimum Gasteiger partial charge on any atom is -0.375 e. The van der Waals surface area contributed by atoms with Crippen molar-refractivity contribution >= 4 is 23.2 Å². The van der Waals surface area contributed by atoms with Crippen molar-refractivity contribution in [1.29, 1.82) is 0 Å². The molecule has 92 valence electrons. The molecule has 0 atom stereocenters. The largest absolute Gasteiger partial charge is 0.375 e. The number of carbonyl (C=O) groups excluding carboxylic acids is 2. The van der Waals surface area contributed by atoms with Crippen LogP contribution in [0.3, 0.4) is 0 Å². The molecule has 5 heteroatoms. The van der Waals surface area contributed by atoms with E-state index in [-0.39, 0.29) is 18.4 Å². The molecule has 0 aliphatic rings. The average molecular weight is 236 g/mol. The second-order valence-corrected chi connectivity index (χ2v) is 3.64. The Balaban J connectivity index is 2.86. The summed E-state index contributed by atoms with van der Waals surface area (Å²) < 4.78 is 4.73. The highest BCUT2D eigenvalue weighted by Gasteiger charge is 2.07. The fraction of sp³-hybridized carbons (Fsp3) is 0.333. The number of methoxy groups -OCH3 is 1. The van der Waals surface area contributed by atoms with Crippen molar-refractivity contribution in [3.8, 4) is 0 Å². The topological polar surface area (TPSA) is 67.4 Å². The second kappa shape index (κ2) is 6.00. The minimum atomic E-state index is -0.226. The van der Waals surface area contributed by atoms with E-state index in [0.717, 1.165) is 5.56 Å². The van der Waals surface area contributed by atoms with Crippen LogP contribution in [-0.2, 0) is 14.3 Å². The molecule has 0 aliphatic carbocycles. The molecule has 0 aromatic heterocycles. The molecule has 1 aromatic rings. The lowest BCUT2D eigenvalue weighted by atomic mass is 10.1. The Kier molecular flexibility index (Phi) is 4.66. The first-order valence-corrected chi connectivity index (χ1v) is 5.20. The lowest BCUT2D eigenvalue weighted by molar-refractivity contribution is -0.119. The third-order valence-corrected chi connectivity index (χ3v) is 2.19.